The molecule has 102 valence electrons. The number of hydrogen-bond acceptors (Lipinski definition) is 5. The Balaban J connectivity index is 1.82. The summed E-state index contributed by atoms with van der Waals surface area (Å²) in [5, 5.41) is 13.9. The molecule has 0 aliphatic heterocycles. The van der Waals surface area contributed by atoms with Gasteiger partial charge in [0.2, 0.25) is 5.89 Å². The Hall–Kier alpha value is -0.550. The summed E-state index contributed by atoms with van der Waals surface area (Å²) in [5.41, 5.74) is 0. The Morgan fingerprint density at radius 1 is 1.39 bits per heavy atom. The van der Waals surface area contributed by atoms with Crippen molar-refractivity contribution in [2.24, 2.45) is 5.92 Å². The second-order valence-corrected chi connectivity index (χ2v) is 6.08. The number of nitrogens with zero attached hydrogens (tertiary/aromatic N) is 2. The zero-order valence-electron chi connectivity index (χ0n) is 11.0. The third kappa shape index (κ3) is 3.99. The van der Waals surface area contributed by atoms with Gasteiger partial charge in [0.05, 0.1) is 11.9 Å². The third-order valence-electron chi connectivity index (χ3n) is 3.40. The topological polar surface area (TPSA) is 59.2 Å². The number of aliphatic hydroxyl groups is 1. The molecule has 0 amide bonds. The van der Waals surface area contributed by atoms with Crippen molar-refractivity contribution < 1.29 is 9.63 Å². The predicted molar refractivity (Wildman–Crippen MR) is 72.4 cm³/mol. The molecule has 1 aliphatic rings. The van der Waals surface area contributed by atoms with Crippen molar-refractivity contribution in [2.75, 3.05) is 5.75 Å². The largest absolute Gasteiger partial charge is 0.393 e. The van der Waals surface area contributed by atoms with Gasteiger partial charge in [0.1, 0.15) is 0 Å². The quantitative estimate of drug-likeness (QED) is 0.805. The van der Waals surface area contributed by atoms with Crippen molar-refractivity contribution in [2.45, 2.75) is 57.3 Å². The fourth-order valence-electron chi connectivity index (χ4n) is 2.39. The van der Waals surface area contributed by atoms with Crippen LogP contribution in [0.3, 0.4) is 0 Å². The molecule has 0 aromatic carbocycles. The minimum absolute atomic E-state index is 0.191. The molecule has 2 unspecified atom stereocenters. The Labute approximate surface area is 113 Å². The zero-order valence-corrected chi connectivity index (χ0v) is 11.8. The lowest BCUT2D eigenvalue weighted by molar-refractivity contribution is 0.0657. The highest BCUT2D eigenvalue weighted by molar-refractivity contribution is 7.98. The van der Waals surface area contributed by atoms with E-state index in [1.165, 1.54) is 12.8 Å². The van der Waals surface area contributed by atoms with Crippen molar-refractivity contribution in [3.63, 3.8) is 0 Å². The summed E-state index contributed by atoms with van der Waals surface area (Å²) in [4.78, 5) is 4.40. The molecule has 0 bridgehead atoms. The molecule has 1 N–H and O–H groups in total. The molecule has 0 radical (unpaired) electrons. The normalized spacial score (nSPS) is 24.3. The van der Waals surface area contributed by atoms with Crippen LogP contribution in [-0.4, -0.2) is 27.1 Å². The van der Waals surface area contributed by atoms with E-state index in [4.69, 9.17) is 4.52 Å². The summed E-state index contributed by atoms with van der Waals surface area (Å²) in [6, 6.07) is 0. The highest BCUT2D eigenvalue weighted by Gasteiger charge is 2.25. The number of rotatable bonds is 6. The van der Waals surface area contributed by atoms with Gasteiger partial charge in [-0.15, -0.1) is 0 Å². The van der Waals surface area contributed by atoms with E-state index >= 15 is 0 Å². The highest BCUT2D eigenvalue weighted by atomic mass is 32.2. The van der Waals surface area contributed by atoms with Crippen molar-refractivity contribution >= 4 is 11.8 Å². The molecule has 18 heavy (non-hydrogen) atoms. The monoisotopic (exact) mass is 270 g/mol. The SMILES string of the molecule is CCCSCc1noc(CC2CCCCC2O)n1. The fourth-order valence-corrected chi connectivity index (χ4v) is 3.12. The van der Waals surface area contributed by atoms with Gasteiger partial charge in [-0.2, -0.15) is 16.7 Å². The molecule has 1 fully saturated rings. The van der Waals surface area contributed by atoms with Crippen LogP contribution in [-0.2, 0) is 12.2 Å². The van der Waals surface area contributed by atoms with Crippen LogP contribution in [0.15, 0.2) is 4.52 Å². The first kappa shape index (κ1) is 13.9. The molecule has 1 aliphatic carbocycles. The maximum absolute atomic E-state index is 9.92. The van der Waals surface area contributed by atoms with Gasteiger partial charge >= 0.3 is 0 Å². The number of thioether (sulfide) groups is 1. The summed E-state index contributed by atoms with van der Waals surface area (Å²) in [7, 11) is 0. The second kappa shape index (κ2) is 7.14. The van der Waals surface area contributed by atoms with E-state index in [9.17, 15) is 5.11 Å². The maximum atomic E-state index is 9.92. The summed E-state index contributed by atoms with van der Waals surface area (Å²) in [5.74, 6) is 3.73. The van der Waals surface area contributed by atoms with Crippen molar-refractivity contribution in [3.8, 4) is 0 Å². The average molecular weight is 270 g/mol. The second-order valence-electron chi connectivity index (χ2n) is 4.97. The molecule has 2 rings (SSSR count). The number of aromatic nitrogens is 2. The molecule has 0 spiro atoms. The van der Waals surface area contributed by atoms with Gasteiger partial charge in [-0.1, -0.05) is 24.9 Å². The first-order valence-electron chi connectivity index (χ1n) is 6.87. The minimum atomic E-state index is -0.191. The van der Waals surface area contributed by atoms with E-state index in [1.54, 1.807) is 0 Å². The van der Waals surface area contributed by atoms with Crippen molar-refractivity contribution in [3.05, 3.63) is 11.7 Å². The first-order chi connectivity index (χ1) is 8.79. The molecule has 1 heterocycles. The van der Waals surface area contributed by atoms with Crippen LogP contribution in [0.2, 0.25) is 0 Å². The van der Waals surface area contributed by atoms with Gasteiger partial charge in [-0.25, -0.2) is 0 Å². The first-order valence-corrected chi connectivity index (χ1v) is 8.02. The van der Waals surface area contributed by atoms with Gasteiger partial charge in [0, 0.05) is 6.42 Å². The van der Waals surface area contributed by atoms with Crippen LogP contribution in [0.5, 0.6) is 0 Å². The van der Waals surface area contributed by atoms with Gasteiger partial charge in [0.25, 0.3) is 0 Å². The molecule has 1 saturated carbocycles. The zero-order chi connectivity index (χ0) is 12.8. The Bertz CT molecular complexity index is 357. The highest BCUT2D eigenvalue weighted by Crippen LogP contribution is 2.27. The smallest absolute Gasteiger partial charge is 0.227 e. The predicted octanol–water partition coefficient (Wildman–Crippen LogP) is 2.81. The van der Waals surface area contributed by atoms with Crippen LogP contribution >= 0.6 is 11.8 Å². The molecule has 4 nitrogen and oxygen atoms in total. The molecule has 1 aromatic heterocycles. The van der Waals surface area contributed by atoms with E-state index in [0.717, 1.165) is 43.0 Å². The lowest BCUT2D eigenvalue weighted by atomic mass is 9.84. The van der Waals surface area contributed by atoms with E-state index in [-0.39, 0.29) is 6.10 Å². The summed E-state index contributed by atoms with van der Waals surface area (Å²) >= 11 is 1.83. The summed E-state index contributed by atoms with van der Waals surface area (Å²) < 4.78 is 5.26. The van der Waals surface area contributed by atoms with Crippen LogP contribution in [0.25, 0.3) is 0 Å². The average Bonchev–Trinajstić information content (AvgIpc) is 2.80. The molecule has 1 aromatic rings. The van der Waals surface area contributed by atoms with Gasteiger partial charge in [0.15, 0.2) is 5.82 Å². The maximum Gasteiger partial charge on any atom is 0.227 e. The van der Waals surface area contributed by atoms with Crippen LogP contribution < -0.4 is 0 Å². The van der Waals surface area contributed by atoms with E-state index < -0.39 is 0 Å². The summed E-state index contributed by atoms with van der Waals surface area (Å²) in [6.07, 6.45) is 6.04. The fraction of sp³-hybridized carbons (Fsp3) is 0.846. The number of hydrogen-bond donors (Lipinski definition) is 1. The summed E-state index contributed by atoms with van der Waals surface area (Å²) in [6.45, 7) is 2.17. The Morgan fingerprint density at radius 2 is 2.22 bits per heavy atom. The minimum Gasteiger partial charge on any atom is -0.393 e. The van der Waals surface area contributed by atoms with E-state index in [0.29, 0.717) is 11.8 Å². The van der Waals surface area contributed by atoms with Crippen molar-refractivity contribution in [1.29, 1.82) is 0 Å². The molecule has 5 heteroatoms. The van der Waals surface area contributed by atoms with Gasteiger partial charge in [-0.3, -0.25) is 0 Å². The molecular formula is C13H22N2O2S. The molecule has 0 saturated heterocycles. The Kier molecular flexibility index (Phi) is 5.50. The number of aliphatic hydroxyl groups excluding tert-OH is 1. The standard InChI is InChI=1S/C13H22N2O2S/c1-2-7-18-9-12-14-13(17-15-12)8-10-5-3-4-6-11(10)16/h10-11,16H,2-9H2,1H3. The van der Waals surface area contributed by atoms with Crippen LogP contribution in [0, 0.1) is 5.92 Å². The lowest BCUT2D eigenvalue weighted by Gasteiger charge is -2.26. The van der Waals surface area contributed by atoms with Gasteiger partial charge < -0.3 is 9.63 Å². The van der Waals surface area contributed by atoms with E-state index in [2.05, 4.69) is 17.1 Å². The lowest BCUT2D eigenvalue weighted by Crippen LogP contribution is -2.26. The Morgan fingerprint density at radius 3 is 3.00 bits per heavy atom. The van der Waals surface area contributed by atoms with Crippen LogP contribution in [0.1, 0.15) is 50.7 Å². The molecular weight excluding hydrogens is 248 g/mol. The van der Waals surface area contributed by atoms with Gasteiger partial charge in [-0.05, 0) is 30.9 Å². The molecule has 2 atom stereocenters. The third-order valence-corrected chi connectivity index (χ3v) is 4.55. The van der Waals surface area contributed by atoms with E-state index in [1.807, 2.05) is 11.8 Å². The van der Waals surface area contributed by atoms with Crippen molar-refractivity contribution in [1.82, 2.24) is 10.1 Å². The van der Waals surface area contributed by atoms with Crippen LogP contribution in [0.4, 0.5) is 0 Å².